The van der Waals surface area contributed by atoms with Gasteiger partial charge >= 0.3 is 0 Å². The van der Waals surface area contributed by atoms with E-state index < -0.39 is 0 Å². The first kappa shape index (κ1) is 17.6. The number of rotatable bonds is 5. The molecule has 0 spiro atoms. The van der Waals surface area contributed by atoms with Crippen molar-refractivity contribution >= 4 is 46.6 Å². The molecule has 0 aromatic heterocycles. The van der Waals surface area contributed by atoms with Crippen LogP contribution in [0.4, 0.5) is 0 Å². The van der Waals surface area contributed by atoms with Crippen molar-refractivity contribution < 1.29 is 9.59 Å². The third-order valence-electron chi connectivity index (χ3n) is 2.99. The number of halogens is 3. The molecule has 2 aromatic carbocycles. The number of hydrogen-bond acceptors (Lipinski definition) is 2. The Balaban J connectivity index is 1.82. The Morgan fingerprint density at radius 1 is 0.913 bits per heavy atom. The molecule has 23 heavy (non-hydrogen) atoms. The second-order valence-corrected chi connectivity index (χ2v) is 5.99. The van der Waals surface area contributed by atoms with Gasteiger partial charge in [-0.15, -0.1) is 0 Å². The summed E-state index contributed by atoms with van der Waals surface area (Å²) in [5, 5.41) is 6.65. The molecule has 0 bridgehead atoms. The van der Waals surface area contributed by atoms with E-state index in [4.69, 9.17) is 34.8 Å². The van der Waals surface area contributed by atoms with Crippen molar-refractivity contribution in [1.29, 1.82) is 0 Å². The minimum Gasteiger partial charge on any atom is -0.350 e. The second kappa shape index (κ2) is 8.20. The fraction of sp³-hybridized carbons (Fsp3) is 0.125. The lowest BCUT2D eigenvalue weighted by Crippen LogP contribution is -2.36. The van der Waals surface area contributed by atoms with Gasteiger partial charge < -0.3 is 10.6 Å². The molecule has 120 valence electrons. The lowest BCUT2D eigenvalue weighted by molar-refractivity contribution is -0.120. The van der Waals surface area contributed by atoms with Gasteiger partial charge in [0.05, 0.1) is 6.54 Å². The minimum atomic E-state index is -0.368. The van der Waals surface area contributed by atoms with Crippen molar-refractivity contribution in [3.8, 4) is 0 Å². The summed E-state index contributed by atoms with van der Waals surface area (Å²) >= 11 is 17.6. The van der Waals surface area contributed by atoms with Crippen molar-refractivity contribution in [2.24, 2.45) is 0 Å². The van der Waals surface area contributed by atoms with Crippen LogP contribution in [0.15, 0.2) is 42.5 Å². The van der Waals surface area contributed by atoms with Crippen molar-refractivity contribution in [3.63, 3.8) is 0 Å². The molecule has 0 saturated heterocycles. The molecule has 2 amide bonds. The maximum absolute atomic E-state index is 11.9. The average Bonchev–Trinajstić information content (AvgIpc) is 2.51. The quantitative estimate of drug-likeness (QED) is 0.842. The molecule has 2 N–H and O–H groups in total. The van der Waals surface area contributed by atoms with Crippen molar-refractivity contribution in [2.75, 3.05) is 6.54 Å². The van der Waals surface area contributed by atoms with Crippen LogP contribution in [0.1, 0.15) is 15.9 Å². The normalized spacial score (nSPS) is 10.2. The molecule has 4 nitrogen and oxygen atoms in total. The Morgan fingerprint density at radius 3 is 2.35 bits per heavy atom. The van der Waals surface area contributed by atoms with E-state index in [9.17, 15) is 9.59 Å². The SMILES string of the molecule is O=C(CNC(=O)c1cccc(Cl)c1)NCc1ccc(Cl)cc1Cl. The number of benzene rings is 2. The topological polar surface area (TPSA) is 58.2 Å². The molecule has 0 radical (unpaired) electrons. The van der Waals surface area contributed by atoms with Gasteiger partial charge in [0.2, 0.25) is 5.91 Å². The van der Waals surface area contributed by atoms with E-state index in [-0.39, 0.29) is 24.9 Å². The van der Waals surface area contributed by atoms with Crippen LogP contribution < -0.4 is 10.6 Å². The number of nitrogens with one attached hydrogen (secondary N) is 2. The van der Waals surface area contributed by atoms with E-state index in [0.29, 0.717) is 20.6 Å². The zero-order valence-corrected chi connectivity index (χ0v) is 14.2. The van der Waals surface area contributed by atoms with Crippen LogP contribution in [-0.2, 0) is 11.3 Å². The molecule has 0 atom stereocenters. The van der Waals surface area contributed by atoms with Gasteiger partial charge in [0.15, 0.2) is 0 Å². The summed E-state index contributed by atoms with van der Waals surface area (Å²) in [6.45, 7) is 0.110. The largest absolute Gasteiger partial charge is 0.350 e. The Kier molecular flexibility index (Phi) is 6.28. The highest BCUT2D eigenvalue weighted by molar-refractivity contribution is 6.35. The predicted molar refractivity (Wildman–Crippen MR) is 92.1 cm³/mol. The van der Waals surface area contributed by atoms with Crippen LogP contribution in [0, 0.1) is 0 Å². The Labute approximate surface area is 148 Å². The fourth-order valence-electron chi connectivity index (χ4n) is 1.81. The average molecular weight is 372 g/mol. The summed E-state index contributed by atoms with van der Waals surface area (Å²) in [6, 6.07) is 11.5. The lowest BCUT2D eigenvalue weighted by atomic mass is 10.2. The summed E-state index contributed by atoms with van der Waals surface area (Å²) in [4.78, 5) is 23.7. The second-order valence-electron chi connectivity index (χ2n) is 4.71. The fourth-order valence-corrected chi connectivity index (χ4v) is 2.48. The molecular formula is C16H13Cl3N2O2. The van der Waals surface area contributed by atoms with Crippen LogP contribution in [-0.4, -0.2) is 18.4 Å². The van der Waals surface area contributed by atoms with Gasteiger partial charge in [-0.05, 0) is 35.9 Å². The first-order chi connectivity index (χ1) is 11.0. The summed E-state index contributed by atoms with van der Waals surface area (Å²) in [7, 11) is 0. The Morgan fingerprint density at radius 2 is 1.65 bits per heavy atom. The molecule has 2 aromatic rings. The van der Waals surface area contributed by atoms with Crippen molar-refractivity contribution in [3.05, 3.63) is 68.7 Å². The summed E-state index contributed by atoms with van der Waals surface area (Å²) < 4.78 is 0. The lowest BCUT2D eigenvalue weighted by Gasteiger charge is -2.08. The monoisotopic (exact) mass is 370 g/mol. The van der Waals surface area contributed by atoms with E-state index in [1.54, 1.807) is 36.4 Å². The summed E-state index contributed by atoms with van der Waals surface area (Å²) in [6.07, 6.45) is 0. The van der Waals surface area contributed by atoms with Crippen LogP contribution >= 0.6 is 34.8 Å². The molecule has 0 aliphatic rings. The molecule has 0 saturated carbocycles. The van der Waals surface area contributed by atoms with E-state index >= 15 is 0 Å². The molecule has 2 rings (SSSR count). The van der Waals surface area contributed by atoms with Gasteiger partial charge in [-0.25, -0.2) is 0 Å². The number of carbonyl (C=O) groups excluding carboxylic acids is 2. The minimum absolute atomic E-state index is 0.142. The Bertz CT molecular complexity index is 735. The van der Waals surface area contributed by atoms with E-state index in [1.807, 2.05) is 0 Å². The standard InChI is InChI=1S/C16H13Cl3N2O2/c17-12-3-1-2-10(6-12)16(23)21-9-15(22)20-8-11-4-5-13(18)7-14(11)19/h1-7H,8-9H2,(H,20,22)(H,21,23). The third-order valence-corrected chi connectivity index (χ3v) is 3.81. The van der Waals surface area contributed by atoms with Crippen LogP contribution in [0.25, 0.3) is 0 Å². The van der Waals surface area contributed by atoms with Crippen LogP contribution in [0.5, 0.6) is 0 Å². The summed E-state index contributed by atoms with van der Waals surface area (Å²) in [5.74, 6) is -0.696. The van der Waals surface area contributed by atoms with Crippen molar-refractivity contribution in [1.82, 2.24) is 10.6 Å². The first-order valence-electron chi connectivity index (χ1n) is 6.70. The van der Waals surface area contributed by atoms with E-state index in [1.165, 1.54) is 6.07 Å². The predicted octanol–water partition coefficient (Wildman–Crippen LogP) is 3.69. The molecule has 0 aliphatic heterocycles. The van der Waals surface area contributed by atoms with Gasteiger partial charge in [0, 0.05) is 27.2 Å². The molecule has 0 fully saturated rings. The van der Waals surface area contributed by atoms with Gasteiger partial charge in [0.25, 0.3) is 5.91 Å². The maximum atomic E-state index is 11.9. The van der Waals surface area contributed by atoms with Crippen LogP contribution in [0.2, 0.25) is 15.1 Å². The van der Waals surface area contributed by atoms with Crippen molar-refractivity contribution in [2.45, 2.75) is 6.54 Å². The molecular weight excluding hydrogens is 359 g/mol. The van der Waals surface area contributed by atoms with Crippen LogP contribution in [0.3, 0.4) is 0 Å². The zero-order valence-electron chi connectivity index (χ0n) is 11.9. The molecule has 0 aliphatic carbocycles. The zero-order chi connectivity index (χ0) is 16.8. The third kappa shape index (κ3) is 5.43. The van der Waals surface area contributed by atoms with Gasteiger partial charge in [0.1, 0.15) is 0 Å². The number of hydrogen-bond donors (Lipinski definition) is 2. The van der Waals surface area contributed by atoms with Gasteiger partial charge in [-0.3, -0.25) is 9.59 Å². The smallest absolute Gasteiger partial charge is 0.251 e. The first-order valence-corrected chi connectivity index (χ1v) is 7.83. The highest BCUT2D eigenvalue weighted by Gasteiger charge is 2.09. The molecule has 7 heteroatoms. The number of amides is 2. The highest BCUT2D eigenvalue weighted by Crippen LogP contribution is 2.20. The molecule has 0 unspecified atom stereocenters. The van der Waals surface area contributed by atoms with Gasteiger partial charge in [-0.2, -0.15) is 0 Å². The molecule has 0 heterocycles. The Hall–Kier alpha value is -1.75. The van der Waals surface area contributed by atoms with E-state index in [0.717, 1.165) is 5.56 Å². The van der Waals surface area contributed by atoms with E-state index in [2.05, 4.69) is 10.6 Å². The maximum Gasteiger partial charge on any atom is 0.251 e. The highest BCUT2D eigenvalue weighted by atomic mass is 35.5. The number of carbonyl (C=O) groups is 2. The summed E-state index contributed by atoms with van der Waals surface area (Å²) in [5.41, 5.74) is 1.14. The van der Waals surface area contributed by atoms with Gasteiger partial charge in [-0.1, -0.05) is 46.9 Å².